The zero-order valence-electron chi connectivity index (χ0n) is 8.92. The lowest BCUT2D eigenvalue weighted by Gasteiger charge is -2.09. The number of rotatable bonds is 4. The second-order valence-electron chi connectivity index (χ2n) is 3.15. The Morgan fingerprint density at radius 1 is 1.59 bits per heavy atom. The van der Waals surface area contributed by atoms with Gasteiger partial charge in [0.05, 0.1) is 12.3 Å². The lowest BCUT2D eigenvalue weighted by Crippen LogP contribution is -2.22. The Labute approximate surface area is 104 Å². The fraction of sp³-hybridized carbons (Fsp3) is 0.556. The predicted octanol–water partition coefficient (Wildman–Crippen LogP) is 2.52. The van der Waals surface area contributed by atoms with Crippen LogP contribution in [0.25, 0.3) is 0 Å². The monoisotopic (exact) mass is 314 g/mol. The molecule has 1 aromatic rings. The van der Waals surface area contributed by atoms with Gasteiger partial charge in [-0.25, -0.2) is 9.48 Å². The minimum atomic E-state index is -4.43. The molecule has 0 radical (unpaired) electrons. The van der Waals surface area contributed by atoms with Crippen molar-refractivity contribution in [3.63, 3.8) is 0 Å². The van der Waals surface area contributed by atoms with Crippen molar-refractivity contribution in [3.05, 3.63) is 17.5 Å². The molecule has 0 atom stereocenters. The quantitative estimate of drug-likeness (QED) is 0.633. The lowest BCUT2D eigenvalue weighted by molar-refractivity contribution is -0.142. The smallest absolute Gasteiger partial charge is 0.408 e. The van der Waals surface area contributed by atoms with Gasteiger partial charge in [-0.15, -0.1) is 0 Å². The molecule has 0 aliphatic carbocycles. The molecule has 0 N–H and O–H groups in total. The van der Waals surface area contributed by atoms with Crippen molar-refractivity contribution >= 4 is 21.9 Å². The number of carbonyl (C=O) groups is 1. The molecular weight excluding hydrogens is 305 g/mol. The summed E-state index contributed by atoms with van der Waals surface area (Å²) >= 11 is 3.06. The van der Waals surface area contributed by atoms with Crippen LogP contribution >= 0.6 is 15.9 Å². The van der Waals surface area contributed by atoms with E-state index >= 15 is 0 Å². The van der Waals surface area contributed by atoms with Crippen LogP contribution in [0.1, 0.15) is 23.1 Å². The molecule has 1 rings (SSSR count). The van der Waals surface area contributed by atoms with Crippen LogP contribution in [0.2, 0.25) is 0 Å². The molecule has 8 heteroatoms. The molecule has 1 heterocycles. The molecule has 4 nitrogen and oxygen atoms in total. The number of nitrogens with zero attached hydrogens (tertiary/aromatic N) is 2. The number of halogens is 4. The first-order valence-corrected chi connectivity index (χ1v) is 5.86. The number of aromatic nitrogens is 2. The minimum absolute atomic E-state index is 0.0969. The maximum absolute atomic E-state index is 12.3. The highest BCUT2D eigenvalue weighted by atomic mass is 79.9. The van der Waals surface area contributed by atoms with Crippen LogP contribution in [0.5, 0.6) is 0 Å². The zero-order chi connectivity index (χ0) is 13.1. The standard InChI is InChI=1S/C9H10BrF3N2O2/c1-2-17-8(16)7-3-6(4-10)14-15(7)5-9(11,12)13/h3H,2,4-5H2,1H3. The van der Waals surface area contributed by atoms with Crippen molar-refractivity contribution in [1.82, 2.24) is 9.78 Å². The Hall–Kier alpha value is -1.05. The van der Waals surface area contributed by atoms with Crippen molar-refractivity contribution < 1.29 is 22.7 Å². The topological polar surface area (TPSA) is 44.1 Å². The van der Waals surface area contributed by atoms with Crippen molar-refractivity contribution in [2.75, 3.05) is 6.61 Å². The Morgan fingerprint density at radius 2 is 2.24 bits per heavy atom. The number of carbonyl (C=O) groups excluding carboxylic acids is 1. The molecular formula is C9H10BrF3N2O2. The summed E-state index contributed by atoms with van der Waals surface area (Å²) in [6.07, 6.45) is -4.43. The van der Waals surface area contributed by atoms with E-state index in [4.69, 9.17) is 0 Å². The van der Waals surface area contributed by atoms with Gasteiger partial charge in [0.15, 0.2) is 0 Å². The Bertz CT molecular complexity index is 403. The van der Waals surface area contributed by atoms with Gasteiger partial charge >= 0.3 is 12.1 Å². The molecule has 0 fully saturated rings. The number of hydrogen-bond donors (Lipinski definition) is 0. The molecule has 0 aliphatic rings. The summed E-state index contributed by atoms with van der Waals surface area (Å²) in [6, 6.07) is 1.28. The maximum Gasteiger partial charge on any atom is 0.408 e. The third-order valence-corrected chi connectivity index (χ3v) is 2.36. The molecule has 0 unspecified atom stereocenters. The summed E-state index contributed by atoms with van der Waals surface area (Å²) < 4.78 is 42.0. The van der Waals surface area contributed by atoms with Crippen LogP contribution < -0.4 is 0 Å². The third kappa shape index (κ3) is 4.03. The van der Waals surface area contributed by atoms with E-state index in [9.17, 15) is 18.0 Å². The van der Waals surface area contributed by atoms with E-state index in [0.29, 0.717) is 10.4 Å². The van der Waals surface area contributed by atoms with E-state index in [1.165, 1.54) is 6.07 Å². The summed E-state index contributed by atoms with van der Waals surface area (Å²) in [5.41, 5.74) is 0.149. The van der Waals surface area contributed by atoms with Crippen molar-refractivity contribution in [2.24, 2.45) is 0 Å². The largest absolute Gasteiger partial charge is 0.461 e. The molecule has 1 aromatic heterocycles. The normalized spacial score (nSPS) is 11.6. The number of alkyl halides is 4. The fourth-order valence-corrected chi connectivity index (χ4v) is 1.47. The van der Waals surface area contributed by atoms with Gasteiger partial charge in [0, 0.05) is 5.33 Å². The van der Waals surface area contributed by atoms with Crippen molar-refractivity contribution in [2.45, 2.75) is 25.0 Å². The SMILES string of the molecule is CCOC(=O)c1cc(CBr)nn1CC(F)(F)F. The molecule has 96 valence electrons. The molecule has 0 spiro atoms. The van der Waals surface area contributed by atoms with E-state index in [0.717, 1.165) is 0 Å². The van der Waals surface area contributed by atoms with E-state index in [1.807, 2.05) is 0 Å². The highest BCUT2D eigenvalue weighted by molar-refractivity contribution is 9.08. The predicted molar refractivity (Wildman–Crippen MR) is 56.9 cm³/mol. The van der Waals surface area contributed by atoms with Crippen LogP contribution in [0.3, 0.4) is 0 Å². The van der Waals surface area contributed by atoms with Gasteiger partial charge in [0.1, 0.15) is 12.2 Å². The van der Waals surface area contributed by atoms with E-state index in [2.05, 4.69) is 25.8 Å². The van der Waals surface area contributed by atoms with Gasteiger partial charge in [0.2, 0.25) is 0 Å². The van der Waals surface area contributed by atoms with Crippen LogP contribution in [0, 0.1) is 0 Å². The van der Waals surface area contributed by atoms with Crippen molar-refractivity contribution in [1.29, 1.82) is 0 Å². The number of ether oxygens (including phenoxy) is 1. The van der Waals surface area contributed by atoms with E-state index < -0.39 is 18.7 Å². The van der Waals surface area contributed by atoms with Crippen LogP contribution in [0.15, 0.2) is 6.07 Å². The average molecular weight is 315 g/mol. The number of esters is 1. The highest BCUT2D eigenvalue weighted by Gasteiger charge is 2.31. The zero-order valence-corrected chi connectivity index (χ0v) is 10.5. The van der Waals surface area contributed by atoms with Gasteiger partial charge < -0.3 is 4.74 Å². The number of hydrogen-bond acceptors (Lipinski definition) is 3. The van der Waals surface area contributed by atoms with Gasteiger partial charge in [0.25, 0.3) is 0 Å². The van der Waals surface area contributed by atoms with E-state index in [1.54, 1.807) is 6.92 Å². The molecule has 0 aromatic carbocycles. The minimum Gasteiger partial charge on any atom is -0.461 e. The second kappa shape index (κ2) is 5.52. The molecule has 0 aliphatic heterocycles. The van der Waals surface area contributed by atoms with Crippen LogP contribution in [0.4, 0.5) is 13.2 Å². The second-order valence-corrected chi connectivity index (χ2v) is 3.71. The van der Waals surface area contributed by atoms with Gasteiger partial charge in [-0.2, -0.15) is 18.3 Å². The summed E-state index contributed by atoms with van der Waals surface area (Å²) in [6.45, 7) is 0.363. The first kappa shape index (κ1) is 14.0. The summed E-state index contributed by atoms with van der Waals surface area (Å²) in [5, 5.41) is 3.93. The highest BCUT2D eigenvalue weighted by Crippen LogP contribution is 2.19. The van der Waals surface area contributed by atoms with Gasteiger partial charge in [-0.05, 0) is 13.0 Å². The Balaban J connectivity index is 3.01. The molecule has 0 amide bonds. The maximum atomic E-state index is 12.3. The van der Waals surface area contributed by atoms with Gasteiger partial charge in [-0.1, -0.05) is 15.9 Å². The Morgan fingerprint density at radius 3 is 2.71 bits per heavy atom. The van der Waals surface area contributed by atoms with Crippen molar-refractivity contribution in [3.8, 4) is 0 Å². The molecule has 0 saturated heterocycles. The lowest BCUT2D eigenvalue weighted by atomic mass is 10.3. The van der Waals surface area contributed by atoms with E-state index in [-0.39, 0.29) is 17.6 Å². The average Bonchev–Trinajstić information content (AvgIpc) is 2.58. The summed E-state index contributed by atoms with van der Waals surface area (Å²) in [7, 11) is 0. The Kier molecular flexibility index (Phi) is 4.55. The van der Waals surface area contributed by atoms with Crippen LogP contribution in [-0.4, -0.2) is 28.5 Å². The fourth-order valence-electron chi connectivity index (χ4n) is 1.20. The molecule has 17 heavy (non-hydrogen) atoms. The first-order valence-electron chi connectivity index (χ1n) is 4.74. The molecule has 0 bridgehead atoms. The molecule has 0 saturated carbocycles. The van der Waals surface area contributed by atoms with Crippen LogP contribution in [-0.2, 0) is 16.6 Å². The summed E-state index contributed by atoms with van der Waals surface area (Å²) in [4.78, 5) is 11.4. The summed E-state index contributed by atoms with van der Waals surface area (Å²) in [5.74, 6) is -0.809. The third-order valence-electron chi connectivity index (χ3n) is 1.78. The van der Waals surface area contributed by atoms with Gasteiger partial charge in [-0.3, -0.25) is 0 Å². The first-order chi connectivity index (χ1) is 7.87.